The van der Waals surface area contributed by atoms with Crippen molar-refractivity contribution in [3.05, 3.63) is 35.0 Å². The number of hydrogen-bond acceptors (Lipinski definition) is 4. The first-order valence-corrected chi connectivity index (χ1v) is 11.3. The molecule has 0 aromatic carbocycles. The number of nitrogens with zero attached hydrogens (tertiary/aromatic N) is 4. The number of anilines is 1. The van der Waals surface area contributed by atoms with E-state index in [-0.39, 0.29) is 24.0 Å². The minimum Gasteiger partial charge on any atom is -0.363 e. The number of nitrogens with one attached hydrogen (secondary N) is 2. The van der Waals surface area contributed by atoms with E-state index in [9.17, 15) is 0 Å². The summed E-state index contributed by atoms with van der Waals surface area (Å²) in [5, 5.41) is 15.2. The normalized spacial score (nSPS) is 16.4. The summed E-state index contributed by atoms with van der Waals surface area (Å²) in [5.41, 5.74) is 2.30. The van der Waals surface area contributed by atoms with Crippen LogP contribution in [0.3, 0.4) is 0 Å². The zero-order valence-electron chi connectivity index (χ0n) is 18.0. The Hall–Kier alpha value is -1.29. The maximum absolute atomic E-state index is 4.85. The molecule has 0 spiro atoms. The quantitative estimate of drug-likeness (QED) is 0.323. The highest BCUT2D eigenvalue weighted by Crippen LogP contribution is 2.24. The maximum Gasteiger partial charge on any atom is 0.191 e. The zero-order valence-corrected chi connectivity index (χ0v) is 21.2. The highest BCUT2D eigenvalue weighted by Gasteiger charge is 2.20. The van der Waals surface area contributed by atoms with E-state index < -0.39 is 0 Å². The molecule has 1 fully saturated rings. The Bertz CT molecular complexity index is 749. The van der Waals surface area contributed by atoms with E-state index in [1.807, 2.05) is 18.3 Å². The third-order valence-electron chi connectivity index (χ3n) is 5.15. The number of thiophene rings is 1. The van der Waals surface area contributed by atoms with Gasteiger partial charge in [0.25, 0.3) is 0 Å². The lowest BCUT2D eigenvalue weighted by atomic mass is 10.1. The average Bonchev–Trinajstić information content (AvgIpc) is 3.31. The number of hydrogen-bond donors (Lipinski definition) is 2. The van der Waals surface area contributed by atoms with Crippen molar-refractivity contribution in [1.82, 2.24) is 20.4 Å². The number of guanidine groups is 1. The van der Waals surface area contributed by atoms with Gasteiger partial charge in [0, 0.05) is 44.5 Å². The first-order valence-electron chi connectivity index (χ1n) is 10.4. The van der Waals surface area contributed by atoms with Crippen molar-refractivity contribution in [3.63, 3.8) is 0 Å². The van der Waals surface area contributed by atoms with Crippen LogP contribution in [0.2, 0.25) is 0 Å². The summed E-state index contributed by atoms with van der Waals surface area (Å²) in [7, 11) is 0. The van der Waals surface area contributed by atoms with Crippen LogP contribution in [0.15, 0.2) is 28.6 Å². The number of piperidine rings is 1. The molecule has 3 rings (SSSR count). The summed E-state index contributed by atoms with van der Waals surface area (Å²) >= 11 is 1.83. The lowest BCUT2D eigenvalue weighted by molar-refractivity contribution is 0.444. The summed E-state index contributed by atoms with van der Waals surface area (Å²) in [6, 6.07) is 6.96. The Labute approximate surface area is 196 Å². The van der Waals surface area contributed by atoms with Gasteiger partial charge in [-0.2, -0.15) is 5.10 Å². The SMILES string of the molecule is CCNC(=NCC(C)Cn1nc(C)cc1C)NC1CCN(c2cccs2)CC1.I. The van der Waals surface area contributed by atoms with Crippen molar-refractivity contribution in [2.24, 2.45) is 10.9 Å². The Morgan fingerprint density at radius 2 is 2.10 bits per heavy atom. The Morgan fingerprint density at radius 3 is 2.69 bits per heavy atom. The van der Waals surface area contributed by atoms with Crippen LogP contribution in [-0.4, -0.2) is 48.0 Å². The molecular weight excluding hydrogens is 495 g/mol. The molecule has 0 bridgehead atoms. The van der Waals surface area contributed by atoms with Gasteiger partial charge in [-0.15, -0.1) is 35.3 Å². The van der Waals surface area contributed by atoms with Crippen molar-refractivity contribution in [3.8, 4) is 0 Å². The Morgan fingerprint density at radius 1 is 1.34 bits per heavy atom. The first kappa shape index (κ1) is 24.0. The van der Waals surface area contributed by atoms with E-state index >= 15 is 0 Å². The fourth-order valence-corrected chi connectivity index (χ4v) is 4.45. The maximum atomic E-state index is 4.85. The van der Waals surface area contributed by atoms with Crippen molar-refractivity contribution >= 4 is 46.3 Å². The molecule has 6 nitrogen and oxygen atoms in total. The van der Waals surface area contributed by atoms with Gasteiger partial charge in [0.1, 0.15) is 0 Å². The largest absolute Gasteiger partial charge is 0.363 e. The molecule has 1 aliphatic rings. The third-order valence-corrected chi connectivity index (χ3v) is 6.08. The van der Waals surface area contributed by atoms with Gasteiger partial charge in [-0.25, -0.2) is 0 Å². The molecule has 0 radical (unpaired) electrons. The lowest BCUT2D eigenvalue weighted by Crippen LogP contribution is -2.48. The standard InChI is InChI=1S/C21H34N6S.HI/c1-5-22-21(23-14-16(2)15-27-18(4)13-17(3)25-27)24-19-8-10-26(11-9-19)20-7-6-12-28-20;/h6-7,12-13,16,19H,5,8-11,14-15H2,1-4H3,(H2,22,23,24);1H. The van der Waals surface area contributed by atoms with E-state index in [0.717, 1.165) is 57.2 Å². The summed E-state index contributed by atoms with van der Waals surface area (Å²) in [6.45, 7) is 13.3. The van der Waals surface area contributed by atoms with Crippen molar-refractivity contribution in [2.45, 2.75) is 53.1 Å². The summed E-state index contributed by atoms with van der Waals surface area (Å²) in [6.07, 6.45) is 2.28. The highest BCUT2D eigenvalue weighted by atomic mass is 127. The van der Waals surface area contributed by atoms with Crippen molar-refractivity contribution in [2.75, 3.05) is 31.1 Å². The van der Waals surface area contributed by atoms with Gasteiger partial charge >= 0.3 is 0 Å². The van der Waals surface area contributed by atoms with Crippen LogP contribution in [0.25, 0.3) is 0 Å². The second-order valence-corrected chi connectivity index (χ2v) is 8.72. The molecule has 2 N–H and O–H groups in total. The molecule has 0 saturated carbocycles. The molecule has 162 valence electrons. The smallest absolute Gasteiger partial charge is 0.191 e. The Kier molecular flexibility index (Phi) is 9.74. The second kappa shape index (κ2) is 11.8. The average molecular weight is 531 g/mol. The molecule has 2 aromatic rings. The van der Waals surface area contributed by atoms with Crippen molar-refractivity contribution in [1.29, 1.82) is 0 Å². The van der Waals surface area contributed by atoms with Gasteiger partial charge in [-0.1, -0.05) is 6.92 Å². The zero-order chi connectivity index (χ0) is 19.9. The van der Waals surface area contributed by atoms with Crippen LogP contribution in [0, 0.1) is 19.8 Å². The summed E-state index contributed by atoms with van der Waals surface area (Å²) in [5.74, 6) is 1.38. The van der Waals surface area contributed by atoms with Crippen LogP contribution in [0.5, 0.6) is 0 Å². The predicted octanol–water partition coefficient (Wildman–Crippen LogP) is 4.04. The number of halogens is 1. The van der Waals surface area contributed by atoms with E-state index in [1.54, 1.807) is 0 Å². The fraction of sp³-hybridized carbons (Fsp3) is 0.619. The number of rotatable bonds is 7. The van der Waals surface area contributed by atoms with E-state index in [1.165, 1.54) is 10.7 Å². The van der Waals surface area contributed by atoms with E-state index in [0.29, 0.717) is 12.0 Å². The molecule has 1 saturated heterocycles. The van der Waals surface area contributed by atoms with Crippen LogP contribution >= 0.6 is 35.3 Å². The van der Waals surface area contributed by atoms with Crippen LogP contribution in [0.1, 0.15) is 38.1 Å². The lowest BCUT2D eigenvalue weighted by Gasteiger charge is -2.33. The van der Waals surface area contributed by atoms with Gasteiger partial charge in [0.2, 0.25) is 0 Å². The third kappa shape index (κ3) is 7.16. The predicted molar refractivity (Wildman–Crippen MR) is 135 cm³/mol. The summed E-state index contributed by atoms with van der Waals surface area (Å²) < 4.78 is 2.09. The molecule has 1 atom stereocenters. The fourth-order valence-electron chi connectivity index (χ4n) is 3.67. The van der Waals surface area contributed by atoms with E-state index in [4.69, 9.17) is 4.99 Å². The topological polar surface area (TPSA) is 57.5 Å². The first-order chi connectivity index (χ1) is 13.5. The van der Waals surface area contributed by atoms with E-state index in [2.05, 4.69) is 69.7 Å². The molecule has 1 unspecified atom stereocenters. The molecule has 29 heavy (non-hydrogen) atoms. The monoisotopic (exact) mass is 530 g/mol. The van der Waals surface area contributed by atoms with Crippen LogP contribution < -0.4 is 15.5 Å². The van der Waals surface area contributed by atoms with Crippen molar-refractivity contribution < 1.29 is 0 Å². The molecular formula is C21H35IN6S. The van der Waals surface area contributed by atoms with Gasteiger partial charge < -0.3 is 15.5 Å². The molecule has 0 aliphatic carbocycles. The number of aryl methyl sites for hydroxylation is 2. The molecule has 0 amide bonds. The molecule has 1 aliphatic heterocycles. The van der Waals surface area contributed by atoms with Crippen LogP contribution in [-0.2, 0) is 6.54 Å². The molecule has 8 heteroatoms. The second-order valence-electron chi connectivity index (χ2n) is 7.79. The number of aromatic nitrogens is 2. The Balaban J connectivity index is 0.00000300. The molecule has 3 heterocycles. The highest BCUT2D eigenvalue weighted by molar-refractivity contribution is 14.0. The minimum absolute atomic E-state index is 0. The van der Waals surface area contributed by atoms with Gasteiger partial charge in [0.05, 0.1) is 10.7 Å². The van der Waals surface area contributed by atoms with Gasteiger partial charge in [0.15, 0.2) is 5.96 Å². The minimum atomic E-state index is 0. The van der Waals surface area contributed by atoms with Gasteiger partial charge in [-0.05, 0) is 63.1 Å². The van der Waals surface area contributed by atoms with Crippen LogP contribution in [0.4, 0.5) is 5.00 Å². The number of aliphatic imine (C=N–C) groups is 1. The van der Waals surface area contributed by atoms with Gasteiger partial charge in [-0.3, -0.25) is 9.67 Å². The summed E-state index contributed by atoms with van der Waals surface area (Å²) in [4.78, 5) is 7.34. The molecule has 2 aromatic heterocycles.